The van der Waals surface area contributed by atoms with Gasteiger partial charge >= 0.3 is 0 Å². The molecular weight excluding hydrogens is 258 g/mol. The summed E-state index contributed by atoms with van der Waals surface area (Å²) in [6, 6.07) is 18.9. The van der Waals surface area contributed by atoms with Gasteiger partial charge < -0.3 is 5.32 Å². The molecule has 108 valence electrons. The fourth-order valence-corrected chi connectivity index (χ4v) is 3.48. The van der Waals surface area contributed by atoms with E-state index in [0.29, 0.717) is 6.42 Å². The van der Waals surface area contributed by atoms with Crippen LogP contribution in [0.25, 0.3) is 0 Å². The molecule has 2 unspecified atom stereocenters. The highest BCUT2D eigenvalue weighted by Gasteiger charge is 2.44. The fraction of sp³-hybridized carbons (Fsp3) is 0.316. The van der Waals surface area contributed by atoms with Gasteiger partial charge in [-0.05, 0) is 30.0 Å². The third kappa shape index (κ3) is 2.58. The predicted octanol–water partition coefficient (Wildman–Crippen LogP) is 3.38. The molecule has 1 amide bonds. The lowest BCUT2D eigenvalue weighted by molar-refractivity contribution is -0.119. The van der Waals surface area contributed by atoms with Gasteiger partial charge in [0.15, 0.2) is 0 Å². The Bertz CT molecular complexity index is 650. The van der Waals surface area contributed by atoms with E-state index >= 15 is 0 Å². The van der Waals surface area contributed by atoms with Crippen LogP contribution < -0.4 is 5.32 Å². The molecule has 1 saturated heterocycles. The van der Waals surface area contributed by atoms with Crippen LogP contribution in [-0.2, 0) is 16.6 Å². The van der Waals surface area contributed by atoms with Crippen molar-refractivity contribution in [2.45, 2.75) is 38.1 Å². The molecule has 1 aliphatic rings. The first-order valence-electron chi connectivity index (χ1n) is 7.49. The summed E-state index contributed by atoms with van der Waals surface area (Å²) in [6.07, 6.45) is 1.44. The second-order valence-corrected chi connectivity index (χ2v) is 6.22. The summed E-state index contributed by atoms with van der Waals surface area (Å²) >= 11 is 0. The van der Waals surface area contributed by atoms with E-state index in [2.05, 4.69) is 67.7 Å². The molecule has 3 rings (SSSR count). The molecule has 0 aliphatic carbocycles. The summed E-state index contributed by atoms with van der Waals surface area (Å²) in [5, 5.41) is 3.18. The summed E-state index contributed by atoms with van der Waals surface area (Å²) in [6.45, 7) is 4.34. The molecule has 2 heteroatoms. The van der Waals surface area contributed by atoms with Gasteiger partial charge in [0.25, 0.3) is 0 Å². The Morgan fingerprint density at radius 1 is 1.10 bits per heavy atom. The molecule has 1 heterocycles. The zero-order valence-electron chi connectivity index (χ0n) is 12.6. The Labute approximate surface area is 126 Å². The molecule has 0 aromatic heterocycles. The van der Waals surface area contributed by atoms with Gasteiger partial charge in [0.1, 0.15) is 0 Å². The van der Waals surface area contributed by atoms with Crippen molar-refractivity contribution in [2.75, 3.05) is 0 Å². The Hall–Kier alpha value is -2.09. The SMILES string of the molecule is Cc1ccccc1C1(C)CC(=O)NC1Cc1ccccc1. The number of carbonyl (C=O) groups excluding carboxylic acids is 1. The van der Waals surface area contributed by atoms with Crippen LogP contribution in [0.4, 0.5) is 0 Å². The first-order chi connectivity index (χ1) is 10.1. The molecule has 0 spiro atoms. The Morgan fingerprint density at radius 3 is 2.48 bits per heavy atom. The minimum absolute atomic E-state index is 0.141. The lowest BCUT2D eigenvalue weighted by Crippen LogP contribution is -2.40. The number of benzene rings is 2. The van der Waals surface area contributed by atoms with E-state index in [9.17, 15) is 4.79 Å². The number of rotatable bonds is 3. The van der Waals surface area contributed by atoms with Crippen LogP contribution in [0.5, 0.6) is 0 Å². The number of aryl methyl sites for hydroxylation is 1. The van der Waals surface area contributed by atoms with Gasteiger partial charge in [-0.25, -0.2) is 0 Å². The molecule has 2 nitrogen and oxygen atoms in total. The smallest absolute Gasteiger partial charge is 0.221 e. The first kappa shape index (κ1) is 13.9. The van der Waals surface area contributed by atoms with E-state index in [0.717, 1.165) is 6.42 Å². The number of hydrogen-bond donors (Lipinski definition) is 1. The predicted molar refractivity (Wildman–Crippen MR) is 85.2 cm³/mol. The molecular formula is C19H21NO. The molecule has 1 N–H and O–H groups in total. The molecule has 0 bridgehead atoms. The highest BCUT2D eigenvalue weighted by Crippen LogP contribution is 2.38. The maximum absolute atomic E-state index is 12.0. The monoisotopic (exact) mass is 279 g/mol. The minimum atomic E-state index is -0.141. The van der Waals surface area contributed by atoms with Crippen molar-refractivity contribution in [3.63, 3.8) is 0 Å². The van der Waals surface area contributed by atoms with Crippen molar-refractivity contribution in [3.05, 3.63) is 71.3 Å². The van der Waals surface area contributed by atoms with E-state index in [1.807, 2.05) is 6.07 Å². The van der Waals surface area contributed by atoms with Crippen LogP contribution in [0.15, 0.2) is 54.6 Å². The van der Waals surface area contributed by atoms with Crippen LogP contribution in [0.1, 0.15) is 30.0 Å². The molecule has 2 atom stereocenters. The lowest BCUT2D eigenvalue weighted by atomic mass is 9.72. The van der Waals surface area contributed by atoms with Crippen LogP contribution >= 0.6 is 0 Å². The highest BCUT2D eigenvalue weighted by molar-refractivity contribution is 5.81. The number of carbonyl (C=O) groups is 1. The first-order valence-corrected chi connectivity index (χ1v) is 7.49. The van der Waals surface area contributed by atoms with Crippen LogP contribution in [0, 0.1) is 6.92 Å². The fourth-order valence-electron chi connectivity index (χ4n) is 3.48. The quantitative estimate of drug-likeness (QED) is 0.917. The molecule has 1 aliphatic heterocycles. The standard InChI is InChI=1S/C19H21NO/c1-14-8-6-7-11-16(14)19(2)13-18(21)20-17(19)12-15-9-4-3-5-10-15/h3-11,17H,12-13H2,1-2H3,(H,20,21). The lowest BCUT2D eigenvalue weighted by Gasteiger charge is -2.32. The minimum Gasteiger partial charge on any atom is -0.352 e. The second-order valence-electron chi connectivity index (χ2n) is 6.22. The summed E-state index contributed by atoms with van der Waals surface area (Å²) in [5.74, 6) is 0.154. The Kier molecular flexibility index (Phi) is 3.54. The Balaban J connectivity index is 1.95. The highest BCUT2D eigenvalue weighted by atomic mass is 16.2. The van der Waals surface area contributed by atoms with E-state index in [4.69, 9.17) is 0 Å². The maximum Gasteiger partial charge on any atom is 0.221 e. The van der Waals surface area contributed by atoms with Crippen LogP contribution in [-0.4, -0.2) is 11.9 Å². The van der Waals surface area contributed by atoms with Gasteiger partial charge in [-0.15, -0.1) is 0 Å². The maximum atomic E-state index is 12.0. The van der Waals surface area contributed by atoms with E-state index < -0.39 is 0 Å². The van der Waals surface area contributed by atoms with Gasteiger partial charge in [0.2, 0.25) is 5.91 Å². The third-order valence-electron chi connectivity index (χ3n) is 4.68. The molecule has 2 aromatic rings. The van der Waals surface area contributed by atoms with Crippen molar-refractivity contribution in [3.8, 4) is 0 Å². The number of nitrogens with one attached hydrogen (secondary N) is 1. The molecule has 0 saturated carbocycles. The largest absolute Gasteiger partial charge is 0.352 e. The van der Waals surface area contributed by atoms with Crippen molar-refractivity contribution in [1.29, 1.82) is 0 Å². The average molecular weight is 279 g/mol. The molecule has 2 aromatic carbocycles. The summed E-state index contributed by atoms with van der Waals surface area (Å²) in [4.78, 5) is 12.0. The van der Waals surface area contributed by atoms with Crippen molar-refractivity contribution in [2.24, 2.45) is 0 Å². The normalized spacial score (nSPS) is 24.9. The van der Waals surface area contributed by atoms with Gasteiger partial charge in [-0.2, -0.15) is 0 Å². The third-order valence-corrected chi connectivity index (χ3v) is 4.68. The zero-order valence-corrected chi connectivity index (χ0v) is 12.6. The van der Waals surface area contributed by atoms with Crippen molar-refractivity contribution >= 4 is 5.91 Å². The van der Waals surface area contributed by atoms with E-state index in [1.54, 1.807) is 0 Å². The summed E-state index contributed by atoms with van der Waals surface area (Å²) in [5.41, 5.74) is 3.67. The summed E-state index contributed by atoms with van der Waals surface area (Å²) < 4.78 is 0. The van der Waals surface area contributed by atoms with Crippen LogP contribution in [0.2, 0.25) is 0 Å². The van der Waals surface area contributed by atoms with Crippen LogP contribution in [0.3, 0.4) is 0 Å². The molecule has 1 fully saturated rings. The van der Waals surface area contributed by atoms with Gasteiger partial charge in [0.05, 0.1) is 0 Å². The Morgan fingerprint density at radius 2 is 1.76 bits per heavy atom. The molecule has 21 heavy (non-hydrogen) atoms. The van der Waals surface area contributed by atoms with Crippen molar-refractivity contribution in [1.82, 2.24) is 5.32 Å². The second kappa shape index (κ2) is 5.36. The zero-order chi connectivity index (χ0) is 14.9. The average Bonchev–Trinajstić information content (AvgIpc) is 2.75. The summed E-state index contributed by atoms with van der Waals surface area (Å²) in [7, 11) is 0. The number of hydrogen-bond acceptors (Lipinski definition) is 1. The van der Waals surface area contributed by atoms with Gasteiger partial charge in [0, 0.05) is 17.9 Å². The number of amides is 1. The topological polar surface area (TPSA) is 29.1 Å². The molecule has 0 radical (unpaired) electrons. The van der Waals surface area contributed by atoms with E-state index in [1.165, 1.54) is 16.7 Å². The van der Waals surface area contributed by atoms with E-state index in [-0.39, 0.29) is 17.4 Å². The van der Waals surface area contributed by atoms with Gasteiger partial charge in [-0.1, -0.05) is 61.5 Å². The van der Waals surface area contributed by atoms with Crippen molar-refractivity contribution < 1.29 is 4.79 Å². The van der Waals surface area contributed by atoms with Gasteiger partial charge in [-0.3, -0.25) is 4.79 Å².